The number of hydrogen-bond donors (Lipinski definition) is 2. The van der Waals surface area contributed by atoms with Gasteiger partial charge in [-0.1, -0.05) is 6.92 Å². The SMILES string of the molecule is CC[C@@H](NS(=O)(=O)c1ccc([N+](=O)[O-])cc1)[C@H](O)C(F)(F)F. The highest BCUT2D eigenvalue weighted by Crippen LogP contribution is 2.25. The molecule has 0 aromatic heterocycles. The molecule has 0 aliphatic carbocycles. The van der Waals surface area contributed by atoms with E-state index in [4.69, 9.17) is 5.11 Å². The first-order valence-corrected chi connectivity index (χ1v) is 7.49. The van der Waals surface area contributed by atoms with Crippen molar-refractivity contribution in [3.63, 3.8) is 0 Å². The van der Waals surface area contributed by atoms with Gasteiger partial charge in [-0.25, -0.2) is 13.1 Å². The minimum Gasteiger partial charge on any atom is -0.382 e. The summed E-state index contributed by atoms with van der Waals surface area (Å²) in [7, 11) is -4.35. The summed E-state index contributed by atoms with van der Waals surface area (Å²) in [4.78, 5) is 9.29. The van der Waals surface area contributed by atoms with Crippen molar-refractivity contribution in [3.8, 4) is 0 Å². The Bertz CT molecular complexity index is 630. The zero-order valence-electron chi connectivity index (χ0n) is 11.2. The minimum atomic E-state index is -4.97. The summed E-state index contributed by atoms with van der Waals surface area (Å²) in [6, 6.07) is 1.85. The Kier molecular flexibility index (Phi) is 5.49. The molecule has 0 unspecified atom stereocenters. The predicted molar refractivity (Wildman–Crippen MR) is 69.6 cm³/mol. The number of hydrogen-bond acceptors (Lipinski definition) is 5. The molecule has 1 aromatic carbocycles. The van der Waals surface area contributed by atoms with Gasteiger partial charge in [0.1, 0.15) is 0 Å². The molecular formula is C11H13F3N2O5S. The number of nitro groups is 1. The molecule has 0 saturated heterocycles. The molecule has 0 radical (unpaired) electrons. The van der Waals surface area contributed by atoms with Crippen LogP contribution in [0.2, 0.25) is 0 Å². The Morgan fingerprint density at radius 1 is 1.32 bits per heavy atom. The second-order valence-electron chi connectivity index (χ2n) is 4.37. The second kappa shape index (κ2) is 6.58. The smallest absolute Gasteiger partial charge is 0.382 e. The van der Waals surface area contributed by atoms with Crippen molar-refractivity contribution >= 4 is 15.7 Å². The van der Waals surface area contributed by atoms with Gasteiger partial charge >= 0.3 is 6.18 Å². The third kappa shape index (κ3) is 4.39. The third-order valence-electron chi connectivity index (χ3n) is 2.82. The van der Waals surface area contributed by atoms with E-state index in [1.54, 1.807) is 4.72 Å². The van der Waals surface area contributed by atoms with Gasteiger partial charge in [-0.2, -0.15) is 13.2 Å². The Labute approximate surface area is 124 Å². The third-order valence-corrected chi connectivity index (χ3v) is 4.33. The Balaban J connectivity index is 3.01. The van der Waals surface area contributed by atoms with Crippen LogP contribution < -0.4 is 4.72 Å². The Hall–Kier alpha value is -1.72. The minimum absolute atomic E-state index is 0.299. The van der Waals surface area contributed by atoms with Crippen molar-refractivity contribution < 1.29 is 31.6 Å². The molecule has 0 bridgehead atoms. The van der Waals surface area contributed by atoms with Crippen molar-refractivity contribution in [2.24, 2.45) is 0 Å². The van der Waals surface area contributed by atoms with Gasteiger partial charge in [0.25, 0.3) is 5.69 Å². The zero-order valence-corrected chi connectivity index (χ0v) is 12.1. The molecule has 0 saturated carbocycles. The summed E-state index contributed by atoms with van der Waals surface area (Å²) in [5.74, 6) is 0. The molecule has 1 aromatic rings. The van der Waals surface area contributed by atoms with Crippen LogP contribution in [0.1, 0.15) is 13.3 Å². The molecule has 2 atom stereocenters. The first kappa shape index (κ1) is 18.3. The van der Waals surface area contributed by atoms with Crippen LogP contribution >= 0.6 is 0 Å². The van der Waals surface area contributed by atoms with Crippen molar-refractivity contribution in [1.29, 1.82) is 0 Å². The van der Waals surface area contributed by atoms with Crippen LogP contribution in [0, 0.1) is 10.1 Å². The average Bonchev–Trinajstić information content (AvgIpc) is 2.43. The number of alkyl halides is 3. The van der Waals surface area contributed by atoms with Crippen LogP contribution in [0.5, 0.6) is 0 Å². The average molecular weight is 342 g/mol. The number of aliphatic hydroxyl groups excluding tert-OH is 1. The zero-order chi connectivity index (χ0) is 17.1. The number of non-ortho nitro benzene ring substituents is 1. The summed E-state index contributed by atoms with van der Waals surface area (Å²) in [5.41, 5.74) is -0.360. The largest absolute Gasteiger partial charge is 0.415 e. The topological polar surface area (TPSA) is 110 Å². The lowest BCUT2D eigenvalue weighted by Crippen LogP contribution is -2.49. The molecule has 0 fully saturated rings. The maximum atomic E-state index is 12.4. The lowest BCUT2D eigenvalue weighted by Gasteiger charge is -2.24. The number of nitrogens with one attached hydrogen (secondary N) is 1. The molecule has 0 aliphatic heterocycles. The molecule has 124 valence electrons. The van der Waals surface area contributed by atoms with E-state index < -0.39 is 38.2 Å². The van der Waals surface area contributed by atoms with E-state index in [0.717, 1.165) is 24.3 Å². The summed E-state index contributed by atoms with van der Waals surface area (Å²) < 4.78 is 63.0. The highest BCUT2D eigenvalue weighted by Gasteiger charge is 2.44. The number of benzene rings is 1. The molecule has 0 heterocycles. The van der Waals surface area contributed by atoms with Gasteiger partial charge in [-0.15, -0.1) is 0 Å². The lowest BCUT2D eigenvalue weighted by atomic mass is 10.1. The number of rotatable bonds is 6. The normalized spacial score (nSPS) is 15.3. The summed E-state index contributed by atoms with van der Waals surface area (Å²) in [5, 5.41) is 19.6. The molecule has 7 nitrogen and oxygen atoms in total. The summed E-state index contributed by atoms with van der Waals surface area (Å²) in [6.07, 6.45) is -8.13. The molecule has 22 heavy (non-hydrogen) atoms. The van der Waals surface area contributed by atoms with E-state index in [0.29, 0.717) is 0 Å². The fourth-order valence-corrected chi connectivity index (χ4v) is 2.94. The van der Waals surface area contributed by atoms with Crippen molar-refractivity contribution in [2.75, 3.05) is 0 Å². The molecule has 0 spiro atoms. The van der Waals surface area contributed by atoms with Gasteiger partial charge < -0.3 is 5.11 Å². The predicted octanol–water partition coefficient (Wildman–Crippen LogP) is 1.57. The van der Waals surface area contributed by atoms with E-state index in [1.807, 2.05) is 0 Å². The van der Waals surface area contributed by atoms with Crippen molar-refractivity contribution in [2.45, 2.75) is 36.6 Å². The van der Waals surface area contributed by atoms with Gasteiger partial charge in [0.2, 0.25) is 10.0 Å². The monoisotopic (exact) mass is 342 g/mol. The fourth-order valence-electron chi connectivity index (χ4n) is 1.61. The molecule has 1 rings (SSSR count). The van der Waals surface area contributed by atoms with Crippen LogP contribution in [-0.2, 0) is 10.0 Å². The van der Waals surface area contributed by atoms with Crippen molar-refractivity contribution in [3.05, 3.63) is 34.4 Å². The molecule has 0 amide bonds. The lowest BCUT2D eigenvalue weighted by molar-refractivity contribution is -0.384. The second-order valence-corrected chi connectivity index (χ2v) is 6.09. The summed E-state index contributed by atoms with van der Waals surface area (Å²) >= 11 is 0. The molecule has 2 N–H and O–H groups in total. The van der Waals surface area contributed by atoms with Crippen LogP contribution in [0.3, 0.4) is 0 Å². The highest BCUT2D eigenvalue weighted by molar-refractivity contribution is 7.89. The quantitative estimate of drug-likeness (QED) is 0.602. The number of halogens is 3. The van der Waals surface area contributed by atoms with E-state index in [-0.39, 0.29) is 12.1 Å². The first-order chi connectivity index (χ1) is 9.99. The van der Waals surface area contributed by atoms with E-state index in [2.05, 4.69) is 0 Å². The van der Waals surface area contributed by atoms with Gasteiger partial charge in [0.15, 0.2) is 6.10 Å². The Morgan fingerprint density at radius 2 is 1.82 bits per heavy atom. The van der Waals surface area contributed by atoms with Crippen molar-refractivity contribution in [1.82, 2.24) is 4.72 Å². The van der Waals surface area contributed by atoms with Gasteiger partial charge in [0, 0.05) is 12.1 Å². The molecule has 11 heteroatoms. The maximum Gasteiger partial charge on any atom is 0.415 e. The molecular weight excluding hydrogens is 329 g/mol. The number of nitro benzene ring substituents is 1. The standard InChI is InChI=1S/C11H13F3N2O5S/c1-2-9(10(17)11(12,13)14)15-22(20,21)8-5-3-7(4-6-8)16(18)19/h3-6,9-10,15,17H,2H2,1H3/t9-,10+/m1/s1. The maximum absolute atomic E-state index is 12.4. The van der Waals surface area contributed by atoms with Gasteiger partial charge in [0.05, 0.1) is 15.9 Å². The first-order valence-electron chi connectivity index (χ1n) is 6.00. The van der Waals surface area contributed by atoms with Gasteiger partial charge in [-0.3, -0.25) is 10.1 Å². The fraction of sp³-hybridized carbons (Fsp3) is 0.455. The molecule has 0 aliphatic rings. The van der Waals surface area contributed by atoms with Gasteiger partial charge in [-0.05, 0) is 18.6 Å². The van der Waals surface area contributed by atoms with E-state index in [1.165, 1.54) is 6.92 Å². The highest BCUT2D eigenvalue weighted by atomic mass is 32.2. The van der Waals surface area contributed by atoms with E-state index in [9.17, 15) is 31.7 Å². The number of sulfonamides is 1. The van der Waals surface area contributed by atoms with Crippen LogP contribution in [0.4, 0.5) is 18.9 Å². The number of nitrogens with zero attached hydrogens (tertiary/aromatic N) is 1. The van der Waals surface area contributed by atoms with Crippen LogP contribution in [-0.4, -0.2) is 36.8 Å². The number of aliphatic hydroxyl groups is 1. The van der Waals surface area contributed by atoms with E-state index >= 15 is 0 Å². The Morgan fingerprint density at radius 3 is 2.18 bits per heavy atom. The van der Waals surface area contributed by atoms with Crippen LogP contribution in [0.25, 0.3) is 0 Å². The van der Waals surface area contributed by atoms with Crippen LogP contribution in [0.15, 0.2) is 29.2 Å². The summed E-state index contributed by atoms with van der Waals surface area (Å²) in [6.45, 7) is 1.28.